The minimum atomic E-state index is 1.05. The summed E-state index contributed by atoms with van der Waals surface area (Å²) in [5.41, 5.74) is 2.81. The lowest BCUT2D eigenvalue weighted by molar-refractivity contribution is 0.521. The maximum Gasteiger partial charge on any atom is 0.0901 e. The normalized spacial score (nSPS) is 13.2. The van der Waals surface area contributed by atoms with E-state index >= 15 is 0 Å². The Labute approximate surface area is 201 Å². The van der Waals surface area contributed by atoms with Crippen molar-refractivity contribution in [1.29, 1.82) is 0 Å². The fourth-order valence-electron chi connectivity index (χ4n) is 5.21. The molecule has 184 valence electrons. The number of rotatable bonds is 21. The van der Waals surface area contributed by atoms with Crippen LogP contribution in [0.1, 0.15) is 135 Å². The topological polar surface area (TPSA) is 6.48 Å². The van der Waals surface area contributed by atoms with E-state index in [1.807, 2.05) is 0 Å². The van der Waals surface area contributed by atoms with Crippen LogP contribution in [0.25, 0.3) is 0 Å². The molecule has 0 N–H and O–H groups in total. The Morgan fingerprint density at radius 2 is 0.906 bits per heavy atom. The predicted molar refractivity (Wildman–Crippen MR) is 145 cm³/mol. The van der Waals surface area contributed by atoms with E-state index in [1.54, 1.807) is 0 Å². The number of fused-ring (bicyclic) bond motifs is 1. The van der Waals surface area contributed by atoms with Crippen molar-refractivity contribution in [1.82, 2.24) is 0 Å². The fraction of sp³-hybridized carbons (Fsp3) is 0.800. The smallest absolute Gasteiger partial charge is 0.0901 e. The van der Waals surface area contributed by atoms with Gasteiger partial charge in [0.1, 0.15) is 0 Å². The molecular weight excluding hydrogens is 388 g/mol. The predicted octanol–water partition coefficient (Wildman–Crippen LogP) is 9.72. The lowest BCUT2D eigenvalue weighted by atomic mass is 10.0. The van der Waals surface area contributed by atoms with E-state index in [1.165, 1.54) is 146 Å². The molecular formula is C30H54N2. The highest BCUT2D eigenvalue weighted by molar-refractivity contribution is 5.75. The molecule has 1 aliphatic rings. The maximum absolute atomic E-state index is 2.55. The highest BCUT2D eigenvalue weighted by Gasteiger charge is 2.21. The van der Waals surface area contributed by atoms with Gasteiger partial charge in [-0.2, -0.15) is 0 Å². The molecule has 1 aromatic carbocycles. The Kier molecular flexibility index (Phi) is 15.5. The molecule has 1 aromatic rings. The lowest BCUT2D eigenvalue weighted by Gasteiger charge is -2.19. The molecule has 0 saturated heterocycles. The minimum absolute atomic E-state index is 1.05. The van der Waals surface area contributed by atoms with Crippen LogP contribution >= 0.6 is 0 Å². The molecule has 2 nitrogen and oxygen atoms in total. The summed E-state index contributed by atoms with van der Waals surface area (Å²) in [7, 11) is 2.20. The van der Waals surface area contributed by atoms with Gasteiger partial charge in [0.05, 0.1) is 18.0 Å². The average Bonchev–Trinajstić information content (AvgIpc) is 3.13. The molecule has 0 radical (unpaired) electrons. The van der Waals surface area contributed by atoms with Crippen molar-refractivity contribution < 1.29 is 0 Å². The first-order valence-corrected chi connectivity index (χ1v) is 14.4. The number of benzene rings is 1. The molecule has 2 rings (SSSR count). The van der Waals surface area contributed by atoms with E-state index in [0.29, 0.717) is 0 Å². The molecule has 0 spiro atoms. The van der Waals surface area contributed by atoms with Gasteiger partial charge in [0.2, 0.25) is 0 Å². The zero-order valence-corrected chi connectivity index (χ0v) is 21.8. The van der Waals surface area contributed by atoms with E-state index in [4.69, 9.17) is 0 Å². The van der Waals surface area contributed by atoms with Crippen molar-refractivity contribution in [2.24, 2.45) is 0 Å². The molecule has 32 heavy (non-hydrogen) atoms. The molecule has 1 heterocycles. The molecule has 0 saturated carbocycles. The minimum Gasteiger partial charge on any atom is -0.355 e. The Balaban J connectivity index is 1.27. The van der Waals surface area contributed by atoms with E-state index in [-0.39, 0.29) is 0 Å². The summed E-state index contributed by atoms with van der Waals surface area (Å²) < 4.78 is 0. The van der Waals surface area contributed by atoms with Crippen LogP contribution in [-0.4, -0.2) is 20.3 Å². The van der Waals surface area contributed by atoms with Crippen molar-refractivity contribution in [2.45, 2.75) is 135 Å². The second kappa shape index (κ2) is 18.3. The third kappa shape index (κ3) is 11.6. The zero-order valence-electron chi connectivity index (χ0n) is 21.8. The summed E-state index contributed by atoms with van der Waals surface area (Å²) in [6, 6.07) is 8.83. The third-order valence-corrected chi connectivity index (χ3v) is 7.30. The van der Waals surface area contributed by atoms with Gasteiger partial charge in [-0.25, -0.2) is 0 Å². The van der Waals surface area contributed by atoms with E-state index < -0.39 is 0 Å². The monoisotopic (exact) mass is 442 g/mol. The highest BCUT2D eigenvalue weighted by atomic mass is 15.4. The SMILES string of the molecule is CCCCCCCCCCCCCCCCCCCCCCN1CN(C)c2ccccc21. The quantitative estimate of drug-likeness (QED) is 0.175. The average molecular weight is 443 g/mol. The van der Waals surface area contributed by atoms with Gasteiger partial charge < -0.3 is 9.80 Å². The molecule has 0 aliphatic carbocycles. The molecule has 0 aromatic heterocycles. The Bertz CT molecular complexity index is 556. The first-order valence-electron chi connectivity index (χ1n) is 14.4. The highest BCUT2D eigenvalue weighted by Crippen LogP contribution is 2.34. The van der Waals surface area contributed by atoms with Crippen molar-refractivity contribution in [3.8, 4) is 0 Å². The molecule has 0 amide bonds. The first-order chi connectivity index (χ1) is 15.8. The summed E-state index contributed by atoms with van der Waals surface area (Å²) in [6.45, 7) is 4.56. The second-order valence-corrected chi connectivity index (χ2v) is 10.3. The van der Waals surface area contributed by atoms with Crippen LogP contribution in [0, 0.1) is 0 Å². The molecule has 2 heteroatoms. The van der Waals surface area contributed by atoms with Gasteiger partial charge >= 0.3 is 0 Å². The van der Waals surface area contributed by atoms with Crippen LogP contribution in [0.2, 0.25) is 0 Å². The lowest BCUT2D eigenvalue weighted by Crippen LogP contribution is -2.28. The van der Waals surface area contributed by atoms with Gasteiger partial charge in [-0.05, 0) is 18.6 Å². The third-order valence-electron chi connectivity index (χ3n) is 7.30. The Hall–Kier alpha value is -1.18. The van der Waals surface area contributed by atoms with Gasteiger partial charge in [-0.1, -0.05) is 141 Å². The number of anilines is 2. The van der Waals surface area contributed by atoms with Crippen molar-refractivity contribution in [2.75, 3.05) is 30.1 Å². The van der Waals surface area contributed by atoms with Crippen molar-refractivity contribution in [3.63, 3.8) is 0 Å². The van der Waals surface area contributed by atoms with Gasteiger partial charge in [0.15, 0.2) is 0 Å². The van der Waals surface area contributed by atoms with Crippen LogP contribution in [0.3, 0.4) is 0 Å². The van der Waals surface area contributed by atoms with Gasteiger partial charge in [0.25, 0.3) is 0 Å². The standard InChI is InChI=1S/C30H54N2/c1-3-4-5-6-7-8-9-10-11-12-13-14-15-16-17-18-19-20-21-24-27-32-28-31(2)29-25-22-23-26-30(29)32/h22-23,25-26H,3-21,24,27-28H2,1-2H3. The van der Waals surface area contributed by atoms with E-state index in [2.05, 4.69) is 48.0 Å². The molecule has 0 fully saturated rings. The number of para-hydroxylation sites is 2. The van der Waals surface area contributed by atoms with Crippen molar-refractivity contribution in [3.05, 3.63) is 24.3 Å². The van der Waals surface area contributed by atoms with Crippen LogP contribution in [0.5, 0.6) is 0 Å². The molecule has 1 aliphatic heterocycles. The summed E-state index contributed by atoms with van der Waals surface area (Å²) in [4.78, 5) is 4.91. The van der Waals surface area contributed by atoms with Gasteiger partial charge in [0, 0.05) is 13.6 Å². The van der Waals surface area contributed by atoms with Crippen LogP contribution in [-0.2, 0) is 0 Å². The van der Waals surface area contributed by atoms with Gasteiger partial charge in [-0.15, -0.1) is 0 Å². The fourth-order valence-corrected chi connectivity index (χ4v) is 5.21. The summed E-state index contributed by atoms with van der Waals surface area (Å²) >= 11 is 0. The Morgan fingerprint density at radius 3 is 1.34 bits per heavy atom. The molecule has 0 atom stereocenters. The van der Waals surface area contributed by atoms with E-state index in [0.717, 1.165) is 6.67 Å². The van der Waals surface area contributed by atoms with Crippen LogP contribution in [0.4, 0.5) is 11.4 Å². The zero-order chi connectivity index (χ0) is 22.7. The largest absolute Gasteiger partial charge is 0.355 e. The summed E-state index contributed by atoms with van der Waals surface area (Å²) in [5, 5.41) is 0. The second-order valence-electron chi connectivity index (χ2n) is 10.3. The summed E-state index contributed by atoms with van der Waals surface area (Å²) in [5.74, 6) is 0. The number of unbranched alkanes of at least 4 members (excludes halogenated alkanes) is 19. The molecule has 0 unspecified atom stereocenters. The maximum atomic E-state index is 2.55. The number of hydrogen-bond acceptors (Lipinski definition) is 2. The number of nitrogens with zero attached hydrogens (tertiary/aromatic N) is 2. The van der Waals surface area contributed by atoms with Crippen LogP contribution < -0.4 is 9.80 Å². The van der Waals surface area contributed by atoms with E-state index in [9.17, 15) is 0 Å². The summed E-state index contributed by atoms with van der Waals surface area (Å²) in [6.07, 6.45) is 29.0. The van der Waals surface area contributed by atoms with Gasteiger partial charge in [-0.3, -0.25) is 0 Å². The number of hydrogen-bond donors (Lipinski definition) is 0. The first kappa shape index (κ1) is 27.1. The molecule has 0 bridgehead atoms. The Morgan fingerprint density at radius 1 is 0.531 bits per heavy atom. The van der Waals surface area contributed by atoms with Crippen LogP contribution in [0.15, 0.2) is 24.3 Å². The van der Waals surface area contributed by atoms with Crippen molar-refractivity contribution >= 4 is 11.4 Å².